The van der Waals surface area contributed by atoms with Crippen LogP contribution in [-0.2, 0) is 4.79 Å². The number of amides is 1. The first kappa shape index (κ1) is 15.9. The zero-order chi connectivity index (χ0) is 13.2. The van der Waals surface area contributed by atoms with Gasteiger partial charge in [-0.1, -0.05) is 13.0 Å². The third-order valence-electron chi connectivity index (χ3n) is 3.73. The molecule has 1 amide bonds. The van der Waals surface area contributed by atoms with Crippen LogP contribution in [0.4, 0.5) is 10.1 Å². The van der Waals surface area contributed by atoms with E-state index in [9.17, 15) is 9.18 Å². The molecule has 1 aromatic carbocycles. The number of nitrogens with one attached hydrogen (secondary N) is 2. The van der Waals surface area contributed by atoms with E-state index in [4.69, 9.17) is 0 Å². The van der Waals surface area contributed by atoms with E-state index in [0.29, 0.717) is 5.69 Å². The van der Waals surface area contributed by atoms with Crippen LogP contribution in [0.25, 0.3) is 0 Å². The van der Waals surface area contributed by atoms with Crippen molar-refractivity contribution in [1.29, 1.82) is 0 Å². The summed E-state index contributed by atoms with van der Waals surface area (Å²) < 4.78 is 13.2. The van der Waals surface area contributed by atoms with Crippen molar-refractivity contribution < 1.29 is 9.18 Å². The molecule has 0 saturated carbocycles. The first-order valence-electron chi connectivity index (χ1n) is 6.40. The highest BCUT2D eigenvalue weighted by atomic mass is 35.5. The summed E-state index contributed by atoms with van der Waals surface area (Å²) in [7, 11) is 0. The van der Waals surface area contributed by atoms with Gasteiger partial charge in [0.25, 0.3) is 0 Å². The molecular weight excluding hydrogens is 267 g/mol. The van der Waals surface area contributed by atoms with Crippen LogP contribution < -0.4 is 10.6 Å². The van der Waals surface area contributed by atoms with Crippen molar-refractivity contribution >= 4 is 24.0 Å². The maximum absolute atomic E-state index is 13.2. The molecule has 0 bridgehead atoms. The van der Waals surface area contributed by atoms with Crippen molar-refractivity contribution in [3.05, 3.63) is 29.6 Å². The summed E-state index contributed by atoms with van der Waals surface area (Å²) in [6.45, 7) is 4.72. The van der Waals surface area contributed by atoms with Crippen molar-refractivity contribution in [3.63, 3.8) is 0 Å². The number of benzene rings is 1. The lowest BCUT2D eigenvalue weighted by atomic mass is 9.93. The van der Waals surface area contributed by atoms with Gasteiger partial charge in [0.05, 0.1) is 5.54 Å². The van der Waals surface area contributed by atoms with E-state index >= 15 is 0 Å². The molecule has 1 atom stereocenters. The highest BCUT2D eigenvalue weighted by Crippen LogP contribution is 2.26. The average Bonchev–Trinajstić information content (AvgIpc) is 2.84. The van der Waals surface area contributed by atoms with Gasteiger partial charge in [0.2, 0.25) is 5.91 Å². The summed E-state index contributed by atoms with van der Waals surface area (Å²) in [4.78, 5) is 12.3. The van der Waals surface area contributed by atoms with Gasteiger partial charge in [0.1, 0.15) is 5.82 Å². The van der Waals surface area contributed by atoms with Crippen LogP contribution in [0.5, 0.6) is 0 Å². The lowest BCUT2D eigenvalue weighted by molar-refractivity contribution is -0.122. The third kappa shape index (κ3) is 3.25. The standard InChI is InChI=1S/C14H19FN2O.ClH/c1-3-14(7-4-8-16-14)13(18)17-12-9-11(15)6-5-10(12)2;/h5-6,9,16H,3-4,7-8H2,1-2H3,(H,17,18);1H. The van der Waals surface area contributed by atoms with Crippen LogP contribution in [0.2, 0.25) is 0 Å². The zero-order valence-corrected chi connectivity index (χ0v) is 12.1. The number of anilines is 1. The fourth-order valence-electron chi connectivity index (χ4n) is 2.43. The van der Waals surface area contributed by atoms with Crippen molar-refractivity contribution in [2.75, 3.05) is 11.9 Å². The maximum atomic E-state index is 13.2. The maximum Gasteiger partial charge on any atom is 0.244 e. The number of rotatable bonds is 3. The topological polar surface area (TPSA) is 41.1 Å². The van der Waals surface area contributed by atoms with Gasteiger partial charge in [-0.05, 0) is 50.4 Å². The highest BCUT2D eigenvalue weighted by Gasteiger charge is 2.39. The molecular formula is C14H20ClFN2O. The molecule has 1 aliphatic heterocycles. The Morgan fingerprint density at radius 1 is 1.53 bits per heavy atom. The summed E-state index contributed by atoms with van der Waals surface area (Å²) in [5, 5.41) is 6.11. The molecule has 1 heterocycles. The number of halogens is 2. The molecule has 19 heavy (non-hydrogen) atoms. The second-order valence-corrected chi connectivity index (χ2v) is 4.88. The second-order valence-electron chi connectivity index (χ2n) is 4.88. The lowest BCUT2D eigenvalue weighted by Gasteiger charge is -2.27. The molecule has 1 fully saturated rings. The summed E-state index contributed by atoms with van der Waals surface area (Å²) >= 11 is 0. The molecule has 106 valence electrons. The molecule has 2 rings (SSSR count). The fraction of sp³-hybridized carbons (Fsp3) is 0.500. The molecule has 1 saturated heterocycles. The molecule has 1 unspecified atom stereocenters. The van der Waals surface area contributed by atoms with Crippen molar-refractivity contribution in [2.45, 2.75) is 38.6 Å². The smallest absolute Gasteiger partial charge is 0.244 e. The predicted molar refractivity (Wildman–Crippen MR) is 77.3 cm³/mol. The van der Waals surface area contributed by atoms with E-state index in [0.717, 1.165) is 31.4 Å². The molecule has 2 N–H and O–H groups in total. The lowest BCUT2D eigenvalue weighted by Crippen LogP contribution is -2.50. The van der Waals surface area contributed by atoms with Gasteiger partial charge in [-0.15, -0.1) is 12.4 Å². The Kier molecular flexibility index (Phi) is 5.32. The van der Waals surface area contributed by atoms with Crippen molar-refractivity contribution in [3.8, 4) is 0 Å². The number of hydrogen-bond acceptors (Lipinski definition) is 2. The molecule has 1 aromatic rings. The van der Waals surface area contributed by atoms with E-state index in [2.05, 4.69) is 10.6 Å². The zero-order valence-electron chi connectivity index (χ0n) is 11.3. The molecule has 0 aromatic heterocycles. The van der Waals surface area contributed by atoms with Gasteiger partial charge in [0, 0.05) is 5.69 Å². The fourth-order valence-corrected chi connectivity index (χ4v) is 2.43. The van der Waals surface area contributed by atoms with Gasteiger partial charge >= 0.3 is 0 Å². The van der Waals surface area contributed by atoms with Crippen LogP contribution in [0.15, 0.2) is 18.2 Å². The van der Waals surface area contributed by atoms with E-state index in [1.165, 1.54) is 12.1 Å². The van der Waals surface area contributed by atoms with Crippen LogP contribution in [0, 0.1) is 12.7 Å². The molecule has 5 heteroatoms. The second kappa shape index (κ2) is 6.35. The Morgan fingerprint density at radius 3 is 2.84 bits per heavy atom. The Hall–Kier alpha value is -1.13. The van der Waals surface area contributed by atoms with Gasteiger partial charge in [-0.2, -0.15) is 0 Å². The van der Waals surface area contributed by atoms with Crippen molar-refractivity contribution in [2.24, 2.45) is 0 Å². The first-order valence-corrected chi connectivity index (χ1v) is 6.40. The Bertz CT molecular complexity index is 459. The Labute approximate surface area is 119 Å². The molecule has 3 nitrogen and oxygen atoms in total. The normalized spacial score (nSPS) is 21.8. The summed E-state index contributed by atoms with van der Waals surface area (Å²) in [5.41, 5.74) is 0.939. The van der Waals surface area contributed by atoms with Gasteiger partial charge in [-0.25, -0.2) is 4.39 Å². The summed E-state index contributed by atoms with van der Waals surface area (Å²) in [6, 6.07) is 4.44. The van der Waals surface area contributed by atoms with Crippen molar-refractivity contribution in [1.82, 2.24) is 5.32 Å². The largest absolute Gasteiger partial charge is 0.324 e. The SMILES string of the molecule is CCC1(C(=O)Nc2cc(F)ccc2C)CCCN1.Cl. The van der Waals surface area contributed by atoms with E-state index in [1.54, 1.807) is 6.07 Å². The van der Waals surface area contributed by atoms with E-state index < -0.39 is 5.54 Å². The van der Waals surface area contributed by atoms with Crippen LogP contribution in [0.1, 0.15) is 31.7 Å². The Morgan fingerprint density at radius 2 is 2.26 bits per heavy atom. The third-order valence-corrected chi connectivity index (χ3v) is 3.73. The van der Waals surface area contributed by atoms with E-state index in [1.807, 2.05) is 13.8 Å². The number of hydrogen-bond donors (Lipinski definition) is 2. The van der Waals surface area contributed by atoms with Gasteiger partial charge in [0.15, 0.2) is 0 Å². The quantitative estimate of drug-likeness (QED) is 0.897. The van der Waals surface area contributed by atoms with Gasteiger partial charge < -0.3 is 10.6 Å². The first-order chi connectivity index (χ1) is 8.57. The highest BCUT2D eigenvalue weighted by molar-refractivity contribution is 5.98. The number of carbonyl (C=O) groups is 1. The molecule has 1 aliphatic rings. The van der Waals surface area contributed by atoms with Crippen LogP contribution >= 0.6 is 12.4 Å². The minimum Gasteiger partial charge on any atom is -0.324 e. The Balaban J connectivity index is 0.00000180. The summed E-state index contributed by atoms with van der Waals surface area (Å²) in [6.07, 6.45) is 2.58. The minimum atomic E-state index is -0.487. The minimum absolute atomic E-state index is 0. The monoisotopic (exact) mass is 286 g/mol. The number of aryl methyl sites for hydroxylation is 1. The summed E-state index contributed by atoms with van der Waals surface area (Å²) in [5.74, 6) is -0.392. The van der Waals surface area contributed by atoms with Crippen LogP contribution in [0.3, 0.4) is 0 Å². The molecule has 0 aliphatic carbocycles. The number of carbonyl (C=O) groups excluding carboxylic acids is 1. The van der Waals surface area contributed by atoms with E-state index in [-0.39, 0.29) is 24.1 Å². The van der Waals surface area contributed by atoms with Crippen LogP contribution in [-0.4, -0.2) is 18.0 Å². The molecule has 0 radical (unpaired) electrons. The molecule has 0 spiro atoms. The van der Waals surface area contributed by atoms with Gasteiger partial charge in [-0.3, -0.25) is 4.79 Å². The average molecular weight is 287 g/mol. The predicted octanol–water partition coefficient (Wildman–Crippen LogP) is 3.03.